The second kappa shape index (κ2) is 12.1. The van der Waals surface area contributed by atoms with Crippen molar-refractivity contribution < 1.29 is 27.0 Å². The van der Waals surface area contributed by atoms with Gasteiger partial charge in [-0.3, -0.25) is 0 Å². The van der Waals surface area contributed by atoms with Crippen LogP contribution in [-0.2, 0) is 17.1 Å². The van der Waals surface area contributed by atoms with Crippen LogP contribution in [0.4, 0.5) is 0 Å². The van der Waals surface area contributed by atoms with Gasteiger partial charge in [0.2, 0.25) is 0 Å². The van der Waals surface area contributed by atoms with Crippen LogP contribution in [0.1, 0.15) is 15.9 Å². The van der Waals surface area contributed by atoms with Gasteiger partial charge in [0.1, 0.15) is 0 Å². The average molecular weight is 358 g/mol. The Hall–Kier alpha value is -1.31. The van der Waals surface area contributed by atoms with Crippen LogP contribution in [-0.4, -0.2) is 11.1 Å². The summed E-state index contributed by atoms with van der Waals surface area (Å²) >= 11 is 0. The Balaban J connectivity index is 0.000000412. The molecule has 0 unspecified atom stereocenters. The Labute approximate surface area is 156 Å². The molecule has 2 nitrogen and oxygen atoms in total. The molecule has 0 bridgehead atoms. The van der Waals surface area contributed by atoms with Gasteiger partial charge < -0.3 is 5.11 Å². The smallest absolute Gasteiger partial charge is 0.478 e. The molecule has 0 aliphatic heterocycles. The standard InChI is InChI=1S/C16H13O2.C5H5.Fe/c17-16(18)15-11-9-14(10-12-15)8-4-3-7-13-5-1-2-6-13;1-2-4-5-3-1;/h1-12H,(H,17,18);1-5H;/q;;+2/b7-3+,8-4+;;. The fraction of sp³-hybridized carbons (Fsp3) is 0. The van der Waals surface area contributed by atoms with Crippen molar-refractivity contribution in [1.29, 1.82) is 0 Å². The monoisotopic (exact) mass is 358 g/mol. The SMILES string of the molecule is O=C(O)c1ccc(/C=C/C=C/[C]2[CH][CH][CH][CH]2)cc1.[CH]1[CH][CH][CH][CH]1.[Fe+2]. The van der Waals surface area contributed by atoms with E-state index in [4.69, 9.17) is 5.11 Å². The quantitative estimate of drug-likeness (QED) is 0.641. The molecule has 0 aromatic heterocycles. The van der Waals surface area contributed by atoms with E-state index < -0.39 is 5.97 Å². The third-order valence-corrected chi connectivity index (χ3v) is 3.09. The number of carboxylic acids is 1. The molecular formula is C21H18FeO2+2. The molecule has 2 saturated carbocycles. The molecule has 0 spiro atoms. The molecule has 24 heavy (non-hydrogen) atoms. The number of aromatic carboxylic acids is 1. The van der Waals surface area contributed by atoms with Crippen LogP contribution >= 0.6 is 0 Å². The van der Waals surface area contributed by atoms with Crippen LogP contribution < -0.4 is 0 Å². The molecule has 120 valence electrons. The summed E-state index contributed by atoms with van der Waals surface area (Å²) in [6.45, 7) is 0. The molecule has 0 atom stereocenters. The molecule has 2 fully saturated rings. The minimum absolute atomic E-state index is 0. The minimum Gasteiger partial charge on any atom is -0.478 e. The van der Waals surface area contributed by atoms with Crippen molar-refractivity contribution in [3.63, 3.8) is 0 Å². The van der Waals surface area contributed by atoms with Gasteiger partial charge in [-0.25, -0.2) is 4.79 Å². The third kappa shape index (κ3) is 7.99. The predicted octanol–water partition coefficient (Wildman–Crippen LogP) is 4.38. The Kier molecular flexibility index (Phi) is 10.5. The van der Waals surface area contributed by atoms with Gasteiger partial charge >= 0.3 is 23.0 Å². The van der Waals surface area contributed by atoms with Gasteiger partial charge in [-0.2, -0.15) is 0 Å². The normalized spacial score (nSPS) is 17.7. The van der Waals surface area contributed by atoms with Crippen LogP contribution in [0.25, 0.3) is 6.08 Å². The Morgan fingerprint density at radius 3 is 1.75 bits per heavy atom. The molecule has 0 amide bonds. The van der Waals surface area contributed by atoms with Crippen LogP contribution in [0.3, 0.4) is 0 Å². The molecule has 0 heterocycles. The van der Waals surface area contributed by atoms with E-state index in [2.05, 4.69) is 0 Å². The zero-order valence-corrected chi connectivity index (χ0v) is 14.1. The maximum Gasteiger partial charge on any atom is 2.00 e. The molecular weight excluding hydrogens is 340 g/mol. The Morgan fingerprint density at radius 1 is 0.750 bits per heavy atom. The summed E-state index contributed by atoms with van der Waals surface area (Å²) in [5, 5.41) is 8.77. The largest absolute Gasteiger partial charge is 2.00 e. The number of carbonyl (C=O) groups is 1. The van der Waals surface area contributed by atoms with Crippen molar-refractivity contribution >= 4 is 12.0 Å². The molecule has 0 saturated heterocycles. The molecule has 10 radical (unpaired) electrons. The molecule has 1 N–H and O–H groups in total. The van der Waals surface area contributed by atoms with Gasteiger partial charge in [0.25, 0.3) is 0 Å². The van der Waals surface area contributed by atoms with E-state index in [1.54, 1.807) is 24.3 Å². The third-order valence-electron chi connectivity index (χ3n) is 3.09. The summed E-state index contributed by atoms with van der Waals surface area (Å²) in [5.41, 5.74) is 1.28. The first-order valence-corrected chi connectivity index (χ1v) is 7.32. The van der Waals surface area contributed by atoms with Crippen LogP contribution in [0.5, 0.6) is 0 Å². The van der Waals surface area contributed by atoms with Crippen molar-refractivity contribution in [2.75, 3.05) is 0 Å². The number of rotatable bonds is 4. The van der Waals surface area contributed by atoms with Crippen LogP contribution in [0.15, 0.2) is 42.5 Å². The molecule has 1 aromatic rings. The molecule has 3 rings (SSSR count). The second-order valence-electron chi connectivity index (χ2n) is 4.83. The van der Waals surface area contributed by atoms with Gasteiger partial charge in [-0.15, -0.1) is 0 Å². The molecule has 2 aliphatic carbocycles. The molecule has 1 aromatic carbocycles. The second-order valence-corrected chi connectivity index (χ2v) is 4.83. The molecule has 2 aliphatic rings. The zero-order chi connectivity index (χ0) is 16.3. The maximum absolute atomic E-state index is 10.7. The fourth-order valence-electron chi connectivity index (χ4n) is 1.89. The summed E-state index contributed by atoms with van der Waals surface area (Å²) < 4.78 is 0. The summed E-state index contributed by atoms with van der Waals surface area (Å²) in [7, 11) is 0. The van der Waals surface area contributed by atoms with Crippen molar-refractivity contribution in [2.45, 2.75) is 0 Å². The maximum atomic E-state index is 10.7. The van der Waals surface area contributed by atoms with Crippen molar-refractivity contribution in [3.05, 3.63) is 117 Å². The topological polar surface area (TPSA) is 37.3 Å². The summed E-state index contributed by atoms with van der Waals surface area (Å²) in [6, 6.07) is 6.78. The van der Waals surface area contributed by atoms with E-state index in [1.807, 2.05) is 82.1 Å². The van der Waals surface area contributed by atoms with Gasteiger partial charge in [0.05, 0.1) is 5.56 Å². The number of hydrogen-bond donors (Lipinski definition) is 1. The molecule has 3 heteroatoms. The number of carboxylic acid groups (broad SMARTS) is 1. The van der Waals surface area contributed by atoms with Crippen LogP contribution in [0.2, 0.25) is 0 Å². The van der Waals surface area contributed by atoms with E-state index in [-0.39, 0.29) is 17.1 Å². The first kappa shape index (κ1) is 20.7. The number of benzene rings is 1. The van der Waals surface area contributed by atoms with Gasteiger partial charge in [0.15, 0.2) is 0 Å². The van der Waals surface area contributed by atoms with Crippen molar-refractivity contribution in [3.8, 4) is 0 Å². The number of allylic oxidation sites excluding steroid dienone is 3. The first-order chi connectivity index (χ1) is 11.3. The summed E-state index contributed by atoms with van der Waals surface area (Å²) in [6.07, 6.45) is 25.9. The predicted molar refractivity (Wildman–Crippen MR) is 93.5 cm³/mol. The first-order valence-electron chi connectivity index (χ1n) is 7.32. The number of hydrogen-bond acceptors (Lipinski definition) is 1. The van der Waals surface area contributed by atoms with E-state index in [0.29, 0.717) is 5.56 Å². The van der Waals surface area contributed by atoms with Crippen LogP contribution in [0, 0.1) is 63.7 Å². The van der Waals surface area contributed by atoms with E-state index >= 15 is 0 Å². The van der Waals surface area contributed by atoms with Gasteiger partial charge in [0, 0.05) is 5.92 Å². The Morgan fingerprint density at radius 2 is 1.25 bits per heavy atom. The van der Waals surface area contributed by atoms with E-state index in [1.165, 1.54) is 5.92 Å². The fourth-order valence-corrected chi connectivity index (χ4v) is 1.89. The van der Waals surface area contributed by atoms with Gasteiger partial charge in [-0.1, -0.05) is 36.4 Å². The Bertz CT molecular complexity index is 514. The van der Waals surface area contributed by atoms with E-state index in [0.717, 1.165) is 5.56 Å². The minimum atomic E-state index is -0.901. The van der Waals surface area contributed by atoms with Gasteiger partial charge in [-0.05, 0) is 75.5 Å². The summed E-state index contributed by atoms with van der Waals surface area (Å²) in [5.74, 6) is 0.266. The van der Waals surface area contributed by atoms with E-state index in [9.17, 15) is 4.79 Å². The average Bonchev–Trinajstić information content (AvgIpc) is 3.28. The zero-order valence-electron chi connectivity index (χ0n) is 13.0. The van der Waals surface area contributed by atoms with Crippen molar-refractivity contribution in [2.24, 2.45) is 0 Å². The van der Waals surface area contributed by atoms with Crippen molar-refractivity contribution in [1.82, 2.24) is 0 Å². The summed E-state index contributed by atoms with van der Waals surface area (Å²) in [4.78, 5) is 10.7.